The lowest BCUT2D eigenvalue weighted by atomic mass is 10.3. The second kappa shape index (κ2) is 5.74. The molecule has 2 heterocycles. The Hall–Kier alpha value is -1.73. The zero-order valence-corrected chi connectivity index (χ0v) is 11.1. The standard InChI is InChI=1S/C11H10N2O3S2/c1-16-9(14)5-7-6-18-11(12-7)13-10(15)8-3-2-4-17-8/h2-4,6H,5H2,1H3,(H,12,13,15). The van der Waals surface area contributed by atoms with Gasteiger partial charge >= 0.3 is 5.97 Å². The van der Waals surface area contributed by atoms with E-state index in [1.807, 2.05) is 11.4 Å². The van der Waals surface area contributed by atoms with Crippen LogP contribution in [0.1, 0.15) is 15.4 Å². The van der Waals surface area contributed by atoms with Crippen molar-refractivity contribution in [3.05, 3.63) is 33.5 Å². The zero-order valence-electron chi connectivity index (χ0n) is 9.50. The molecule has 0 saturated carbocycles. The van der Waals surface area contributed by atoms with Crippen LogP contribution in [0.15, 0.2) is 22.9 Å². The van der Waals surface area contributed by atoms with Crippen molar-refractivity contribution >= 4 is 39.7 Å². The van der Waals surface area contributed by atoms with Crippen LogP contribution < -0.4 is 5.32 Å². The van der Waals surface area contributed by atoms with Crippen molar-refractivity contribution in [1.82, 2.24) is 4.98 Å². The van der Waals surface area contributed by atoms with E-state index < -0.39 is 0 Å². The Balaban J connectivity index is 1.98. The predicted octanol–water partition coefficient (Wildman–Crippen LogP) is 2.17. The second-order valence-electron chi connectivity index (χ2n) is 3.33. The van der Waals surface area contributed by atoms with E-state index in [-0.39, 0.29) is 18.3 Å². The Labute approximate surface area is 111 Å². The highest BCUT2D eigenvalue weighted by molar-refractivity contribution is 7.14. The molecule has 2 aromatic rings. The summed E-state index contributed by atoms with van der Waals surface area (Å²) in [6, 6.07) is 3.55. The fourth-order valence-corrected chi connectivity index (χ4v) is 2.56. The number of rotatable bonds is 4. The molecule has 1 N–H and O–H groups in total. The van der Waals surface area contributed by atoms with Gasteiger partial charge in [-0.3, -0.25) is 14.9 Å². The molecule has 7 heteroatoms. The van der Waals surface area contributed by atoms with Gasteiger partial charge in [-0.25, -0.2) is 4.98 Å². The molecule has 1 amide bonds. The van der Waals surface area contributed by atoms with Gasteiger partial charge in [-0.05, 0) is 11.4 Å². The number of amides is 1. The molecule has 0 radical (unpaired) electrons. The number of esters is 1. The summed E-state index contributed by atoms with van der Waals surface area (Å²) in [6.07, 6.45) is 0.113. The quantitative estimate of drug-likeness (QED) is 0.873. The van der Waals surface area contributed by atoms with Crippen LogP contribution in [0.5, 0.6) is 0 Å². The normalized spacial score (nSPS) is 10.1. The lowest BCUT2D eigenvalue weighted by Crippen LogP contribution is -2.10. The third kappa shape index (κ3) is 3.14. The SMILES string of the molecule is COC(=O)Cc1csc(NC(=O)c2cccs2)n1. The number of nitrogens with one attached hydrogen (secondary N) is 1. The number of carbonyl (C=O) groups excluding carboxylic acids is 2. The first-order valence-electron chi connectivity index (χ1n) is 5.05. The maximum Gasteiger partial charge on any atom is 0.311 e. The summed E-state index contributed by atoms with van der Waals surface area (Å²) < 4.78 is 4.54. The fraction of sp³-hybridized carbons (Fsp3) is 0.182. The molecule has 0 spiro atoms. The number of ether oxygens (including phenoxy) is 1. The molecule has 0 fully saturated rings. The number of nitrogens with zero attached hydrogens (tertiary/aromatic N) is 1. The number of carbonyl (C=O) groups is 2. The molecule has 0 bridgehead atoms. The van der Waals surface area contributed by atoms with Gasteiger partial charge in [-0.2, -0.15) is 0 Å². The number of hydrogen-bond acceptors (Lipinski definition) is 6. The summed E-state index contributed by atoms with van der Waals surface area (Å²) in [7, 11) is 1.33. The Bertz CT molecular complexity index is 548. The van der Waals surface area contributed by atoms with Gasteiger partial charge in [-0.15, -0.1) is 22.7 Å². The molecule has 0 unspecified atom stereocenters. The van der Waals surface area contributed by atoms with Crippen LogP contribution in [-0.2, 0) is 16.0 Å². The summed E-state index contributed by atoms with van der Waals surface area (Å²) in [5.74, 6) is -0.541. The first-order valence-corrected chi connectivity index (χ1v) is 6.81. The van der Waals surface area contributed by atoms with Crippen molar-refractivity contribution in [2.75, 3.05) is 12.4 Å². The van der Waals surface area contributed by atoms with Crippen LogP contribution in [0.25, 0.3) is 0 Å². The van der Waals surface area contributed by atoms with E-state index in [1.54, 1.807) is 11.4 Å². The van der Waals surface area contributed by atoms with Crippen LogP contribution in [0.2, 0.25) is 0 Å². The summed E-state index contributed by atoms with van der Waals surface area (Å²) in [6.45, 7) is 0. The molecule has 2 aromatic heterocycles. The number of thiazole rings is 1. The number of hydrogen-bond donors (Lipinski definition) is 1. The van der Waals surface area contributed by atoms with Crippen LogP contribution in [-0.4, -0.2) is 24.0 Å². The summed E-state index contributed by atoms with van der Waals surface area (Å²) in [4.78, 5) is 27.6. The Morgan fingerprint density at radius 3 is 2.94 bits per heavy atom. The maximum absolute atomic E-state index is 11.7. The number of thiophene rings is 1. The number of methoxy groups -OCH3 is 1. The second-order valence-corrected chi connectivity index (χ2v) is 5.13. The monoisotopic (exact) mass is 282 g/mol. The van der Waals surface area contributed by atoms with Gasteiger partial charge in [0.1, 0.15) is 0 Å². The molecular formula is C11H10N2O3S2. The van der Waals surface area contributed by atoms with E-state index in [2.05, 4.69) is 15.0 Å². The minimum absolute atomic E-state index is 0.113. The first-order chi connectivity index (χ1) is 8.69. The van der Waals surface area contributed by atoms with Crippen LogP contribution in [0.3, 0.4) is 0 Å². The van der Waals surface area contributed by atoms with Crippen LogP contribution in [0, 0.1) is 0 Å². The number of aromatic nitrogens is 1. The van der Waals surface area contributed by atoms with E-state index in [1.165, 1.54) is 29.8 Å². The van der Waals surface area contributed by atoms with Gasteiger partial charge in [0, 0.05) is 5.38 Å². The van der Waals surface area contributed by atoms with Gasteiger partial charge in [0.25, 0.3) is 5.91 Å². The van der Waals surface area contributed by atoms with E-state index in [4.69, 9.17) is 0 Å². The molecule has 5 nitrogen and oxygen atoms in total. The molecule has 94 valence electrons. The van der Waals surface area contributed by atoms with E-state index in [9.17, 15) is 9.59 Å². The Morgan fingerprint density at radius 2 is 2.28 bits per heavy atom. The maximum atomic E-state index is 11.7. The van der Waals surface area contributed by atoms with E-state index in [0.29, 0.717) is 15.7 Å². The zero-order chi connectivity index (χ0) is 13.0. The Kier molecular flexibility index (Phi) is 4.06. The van der Waals surface area contributed by atoms with Gasteiger partial charge in [0.05, 0.1) is 24.1 Å². The van der Waals surface area contributed by atoms with E-state index in [0.717, 1.165) is 0 Å². The Morgan fingerprint density at radius 1 is 1.44 bits per heavy atom. The van der Waals surface area contributed by atoms with E-state index >= 15 is 0 Å². The average molecular weight is 282 g/mol. The molecule has 0 aliphatic rings. The minimum Gasteiger partial charge on any atom is -0.469 e. The summed E-state index contributed by atoms with van der Waals surface area (Å²) in [5.41, 5.74) is 0.591. The molecule has 2 rings (SSSR count). The highest BCUT2D eigenvalue weighted by Gasteiger charge is 2.11. The minimum atomic E-state index is -0.351. The average Bonchev–Trinajstić information content (AvgIpc) is 3.00. The molecule has 0 atom stereocenters. The highest BCUT2D eigenvalue weighted by atomic mass is 32.1. The molecular weight excluding hydrogens is 272 g/mol. The van der Waals surface area contributed by atoms with Crippen molar-refractivity contribution in [3.8, 4) is 0 Å². The fourth-order valence-electron chi connectivity index (χ4n) is 1.23. The van der Waals surface area contributed by atoms with Crippen molar-refractivity contribution in [2.45, 2.75) is 6.42 Å². The topological polar surface area (TPSA) is 68.3 Å². The summed E-state index contributed by atoms with van der Waals surface area (Å²) in [5, 5.41) is 6.72. The molecule has 0 aromatic carbocycles. The van der Waals surface area contributed by atoms with Crippen molar-refractivity contribution in [3.63, 3.8) is 0 Å². The highest BCUT2D eigenvalue weighted by Crippen LogP contribution is 2.18. The molecule has 0 aliphatic heterocycles. The van der Waals surface area contributed by atoms with Gasteiger partial charge in [-0.1, -0.05) is 6.07 Å². The van der Waals surface area contributed by atoms with Crippen molar-refractivity contribution in [1.29, 1.82) is 0 Å². The van der Waals surface area contributed by atoms with Gasteiger partial charge in [0.2, 0.25) is 0 Å². The molecule has 0 saturated heterocycles. The third-order valence-corrected chi connectivity index (χ3v) is 3.75. The predicted molar refractivity (Wildman–Crippen MR) is 70.1 cm³/mol. The molecule has 18 heavy (non-hydrogen) atoms. The first kappa shape index (κ1) is 12.7. The van der Waals surface area contributed by atoms with Gasteiger partial charge in [0.15, 0.2) is 5.13 Å². The lowest BCUT2D eigenvalue weighted by molar-refractivity contribution is -0.139. The largest absolute Gasteiger partial charge is 0.469 e. The van der Waals surface area contributed by atoms with Crippen LogP contribution >= 0.6 is 22.7 Å². The third-order valence-electron chi connectivity index (χ3n) is 2.07. The summed E-state index contributed by atoms with van der Waals surface area (Å²) >= 11 is 2.64. The molecule has 0 aliphatic carbocycles. The smallest absolute Gasteiger partial charge is 0.311 e. The van der Waals surface area contributed by atoms with Crippen LogP contribution in [0.4, 0.5) is 5.13 Å². The number of anilines is 1. The van der Waals surface area contributed by atoms with Gasteiger partial charge < -0.3 is 4.74 Å². The van der Waals surface area contributed by atoms with Crippen molar-refractivity contribution in [2.24, 2.45) is 0 Å². The van der Waals surface area contributed by atoms with Crippen molar-refractivity contribution < 1.29 is 14.3 Å². The lowest BCUT2D eigenvalue weighted by Gasteiger charge is -1.98.